The second kappa shape index (κ2) is 5.43. The van der Waals surface area contributed by atoms with Crippen LogP contribution < -0.4 is 5.06 Å². The van der Waals surface area contributed by atoms with Crippen LogP contribution in [0.5, 0.6) is 0 Å². The molecule has 0 N–H and O–H groups in total. The molecule has 1 aliphatic rings. The van der Waals surface area contributed by atoms with Crippen molar-refractivity contribution in [1.82, 2.24) is 4.90 Å². The summed E-state index contributed by atoms with van der Waals surface area (Å²) < 4.78 is 0. The molecule has 0 spiro atoms. The molecular weight excluding hydrogens is 236 g/mol. The molecule has 0 atom stereocenters. The van der Waals surface area contributed by atoms with Crippen LogP contribution in [-0.4, -0.2) is 25.1 Å². The lowest BCUT2D eigenvalue weighted by molar-refractivity contribution is 0.103. The van der Waals surface area contributed by atoms with Crippen molar-refractivity contribution in [3.05, 3.63) is 60.2 Å². The third-order valence-corrected chi connectivity index (χ3v) is 3.33. The van der Waals surface area contributed by atoms with Gasteiger partial charge < -0.3 is 0 Å². The first kappa shape index (κ1) is 12.2. The third-order valence-electron chi connectivity index (χ3n) is 3.33. The first-order chi connectivity index (χ1) is 9.34. The number of para-hydroxylation sites is 2. The van der Waals surface area contributed by atoms with E-state index in [1.54, 1.807) is 0 Å². The lowest BCUT2D eigenvalue weighted by atomic mass is 10.1. The van der Waals surface area contributed by atoms with Crippen molar-refractivity contribution in [1.29, 1.82) is 0 Å². The summed E-state index contributed by atoms with van der Waals surface area (Å²) in [5, 5.41) is 1.95. The molecule has 19 heavy (non-hydrogen) atoms. The van der Waals surface area contributed by atoms with Crippen molar-refractivity contribution < 1.29 is 4.84 Å². The average molecular weight is 254 g/mol. The molecule has 0 bridgehead atoms. The van der Waals surface area contributed by atoms with Crippen LogP contribution in [-0.2, 0) is 11.4 Å². The number of anilines is 2. The average Bonchev–Trinajstić information content (AvgIpc) is 2.43. The molecule has 3 heteroatoms. The quantitative estimate of drug-likeness (QED) is 0.777. The maximum absolute atomic E-state index is 5.96. The van der Waals surface area contributed by atoms with Crippen LogP contribution in [0.15, 0.2) is 54.6 Å². The van der Waals surface area contributed by atoms with E-state index in [1.165, 1.54) is 5.56 Å². The molecular formula is C16H18N2O. The van der Waals surface area contributed by atoms with Crippen LogP contribution >= 0.6 is 0 Å². The Labute approximate surface area is 114 Å². The first-order valence-corrected chi connectivity index (χ1v) is 6.59. The zero-order valence-electron chi connectivity index (χ0n) is 11.1. The Hall–Kier alpha value is -1.84. The highest BCUT2D eigenvalue weighted by atomic mass is 16.7. The standard InChI is InChI=1S/C16H18N2O/c1-17-11-12-19-18(15-8-3-2-4-9-15)16-10-6-5-7-14(16)13-17/h2-10H,11-13H2,1H3. The molecule has 1 aliphatic heterocycles. The Balaban J connectivity index is 2.03. The fraction of sp³-hybridized carbons (Fsp3) is 0.250. The van der Waals surface area contributed by atoms with Crippen molar-refractivity contribution >= 4 is 11.4 Å². The summed E-state index contributed by atoms with van der Waals surface area (Å²) in [6.07, 6.45) is 0. The van der Waals surface area contributed by atoms with Crippen LogP contribution in [0.3, 0.4) is 0 Å². The van der Waals surface area contributed by atoms with Gasteiger partial charge in [0.1, 0.15) is 0 Å². The van der Waals surface area contributed by atoms with Gasteiger partial charge in [-0.15, -0.1) is 0 Å². The van der Waals surface area contributed by atoms with Gasteiger partial charge in [0.25, 0.3) is 0 Å². The number of fused-ring (bicyclic) bond motifs is 1. The summed E-state index contributed by atoms with van der Waals surface area (Å²) in [4.78, 5) is 8.24. The van der Waals surface area contributed by atoms with E-state index in [9.17, 15) is 0 Å². The minimum Gasteiger partial charge on any atom is -0.300 e. The highest BCUT2D eigenvalue weighted by molar-refractivity contribution is 5.64. The summed E-state index contributed by atoms with van der Waals surface area (Å²) in [6.45, 7) is 2.57. The Morgan fingerprint density at radius 2 is 1.68 bits per heavy atom. The zero-order chi connectivity index (χ0) is 13.1. The maximum Gasteiger partial charge on any atom is 0.0880 e. The number of benzene rings is 2. The van der Waals surface area contributed by atoms with Crippen molar-refractivity contribution in [2.24, 2.45) is 0 Å². The largest absolute Gasteiger partial charge is 0.300 e. The van der Waals surface area contributed by atoms with Crippen LogP contribution in [0.2, 0.25) is 0 Å². The van der Waals surface area contributed by atoms with Crippen LogP contribution in [0.25, 0.3) is 0 Å². The number of rotatable bonds is 1. The molecule has 0 saturated heterocycles. The van der Waals surface area contributed by atoms with Gasteiger partial charge in [0.05, 0.1) is 18.0 Å². The van der Waals surface area contributed by atoms with Gasteiger partial charge in [-0.1, -0.05) is 36.4 Å². The van der Waals surface area contributed by atoms with Crippen LogP contribution in [0.1, 0.15) is 5.56 Å². The van der Waals surface area contributed by atoms with E-state index in [2.05, 4.69) is 48.3 Å². The number of likely N-dealkylation sites (N-methyl/N-ethyl adjacent to an activating group) is 1. The van der Waals surface area contributed by atoms with E-state index in [-0.39, 0.29) is 0 Å². The number of hydrogen-bond donors (Lipinski definition) is 0. The topological polar surface area (TPSA) is 15.7 Å². The van der Waals surface area contributed by atoms with E-state index < -0.39 is 0 Å². The first-order valence-electron chi connectivity index (χ1n) is 6.59. The minimum absolute atomic E-state index is 0.694. The molecule has 0 aliphatic carbocycles. The van der Waals surface area contributed by atoms with Crippen LogP contribution in [0.4, 0.5) is 11.4 Å². The van der Waals surface area contributed by atoms with Gasteiger partial charge in [0.15, 0.2) is 0 Å². The molecule has 98 valence electrons. The van der Waals surface area contributed by atoms with E-state index in [0.717, 1.165) is 24.5 Å². The molecule has 0 unspecified atom stereocenters. The van der Waals surface area contributed by atoms with Gasteiger partial charge in [-0.2, -0.15) is 0 Å². The van der Waals surface area contributed by atoms with Crippen molar-refractivity contribution in [2.75, 3.05) is 25.3 Å². The lowest BCUT2D eigenvalue weighted by Crippen LogP contribution is -2.31. The highest BCUT2D eigenvalue weighted by Crippen LogP contribution is 2.30. The predicted octanol–water partition coefficient (Wildman–Crippen LogP) is 3.20. The molecule has 1 heterocycles. The van der Waals surface area contributed by atoms with E-state index >= 15 is 0 Å². The second-order valence-corrected chi connectivity index (χ2v) is 4.83. The molecule has 3 nitrogen and oxygen atoms in total. The Morgan fingerprint density at radius 1 is 0.947 bits per heavy atom. The van der Waals surface area contributed by atoms with E-state index in [4.69, 9.17) is 4.84 Å². The summed E-state index contributed by atoms with van der Waals surface area (Å²) in [6, 6.07) is 18.6. The number of hydrogen-bond acceptors (Lipinski definition) is 3. The molecule has 0 aromatic heterocycles. The predicted molar refractivity (Wildman–Crippen MR) is 77.3 cm³/mol. The number of nitrogens with zero attached hydrogens (tertiary/aromatic N) is 2. The van der Waals surface area contributed by atoms with Gasteiger partial charge in [-0.05, 0) is 30.8 Å². The van der Waals surface area contributed by atoms with Gasteiger partial charge in [-0.3, -0.25) is 9.74 Å². The summed E-state index contributed by atoms with van der Waals surface area (Å²) >= 11 is 0. The van der Waals surface area contributed by atoms with Crippen molar-refractivity contribution in [2.45, 2.75) is 6.54 Å². The smallest absolute Gasteiger partial charge is 0.0880 e. The zero-order valence-corrected chi connectivity index (χ0v) is 11.1. The normalized spacial score (nSPS) is 16.6. The fourth-order valence-electron chi connectivity index (χ4n) is 2.35. The Kier molecular flexibility index (Phi) is 3.49. The Morgan fingerprint density at radius 3 is 2.53 bits per heavy atom. The molecule has 0 saturated carbocycles. The molecule has 2 aromatic rings. The summed E-state index contributed by atoms with van der Waals surface area (Å²) in [7, 11) is 2.12. The molecule has 0 fully saturated rings. The Bertz CT molecular complexity index is 541. The van der Waals surface area contributed by atoms with Gasteiger partial charge >= 0.3 is 0 Å². The monoisotopic (exact) mass is 254 g/mol. The van der Waals surface area contributed by atoms with E-state index in [1.807, 2.05) is 23.3 Å². The van der Waals surface area contributed by atoms with Gasteiger partial charge in [0.2, 0.25) is 0 Å². The van der Waals surface area contributed by atoms with E-state index in [0.29, 0.717) is 6.61 Å². The minimum atomic E-state index is 0.694. The van der Waals surface area contributed by atoms with Crippen molar-refractivity contribution in [3.8, 4) is 0 Å². The molecule has 2 aromatic carbocycles. The molecule has 0 amide bonds. The molecule has 3 rings (SSSR count). The SMILES string of the molecule is CN1CCON(c2ccccc2)c2ccccc2C1. The van der Waals surface area contributed by atoms with Gasteiger partial charge in [0, 0.05) is 13.1 Å². The fourth-order valence-corrected chi connectivity index (χ4v) is 2.35. The summed E-state index contributed by atoms with van der Waals surface area (Å²) in [5.41, 5.74) is 3.48. The van der Waals surface area contributed by atoms with Gasteiger partial charge in [-0.25, -0.2) is 5.06 Å². The lowest BCUT2D eigenvalue weighted by Gasteiger charge is -2.31. The van der Waals surface area contributed by atoms with Crippen molar-refractivity contribution in [3.63, 3.8) is 0 Å². The summed E-state index contributed by atoms with van der Waals surface area (Å²) in [5.74, 6) is 0. The molecule has 0 radical (unpaired) electrons. The maximum atomic E-state index is 5.96. The highest BCUT2D eigenvalue weighted by Gasteiger charge is 2.17. The third kappa shape index (κ3) is 2.62. The second-order valence-electron chi connectivity index (χ2n) is 4.83. The van der Waals surface area contributed by atoms with Crippen LogP contribution in [0, 0.1) is 0 Å².